The van der Waals surface area contributed by atoms with E-state index in [0.29, 0.717) is 27.3 Å². The molecule has 1 aromatic heterocycles. The van der Waals surface area contributed by atoms with E-state index in [4.69, 9.17) is 5.26 Å². The fourth-order valence-electron chi connectivity index (χ4n) is 3.79. The Balaban J connectivity index is 1.88. The second kappa shape index (κ2) is 7.62. The van der Waals surface area contributed by atoms with E-state index in [1.165, 1.54) is 12.1 Å². The van der Waals surface area contributed by atoms with E-state index in [0.717, 1.165) is 21.5 Å². The molecule has 1 aromatic carbocycles. The van der Waals surface area contributed by atoms with Gasteiger partial charge in [0.15, 0.2) is 5.78 Å². The molecule has 0 saturated carbocycles. The van der Waals surface area contributed by atoms with Crippen LogP contribution in [0.15, 0.2) is 52.7 Å². The van der Waals surface area contributed by atoms with Gasteiger partial charge in [-0.1, -0.05) is 6.07 Å². The van der Waals surface area contributed by atoms with Crippen LogP contribution in [0.25, 0.3) is 0 Å². The molecule has 158 valence electrons. The van der Waals surface area contributed by atoms with Crippen molar-refractivity contribution in [3.05, 3.63) is 64.6 Å². The van der Waals surface area contributed by atoms with E-state index in [9.17, 15) is 22.8 Å². The normalized spacial score (nSPS) is 19.0. The highest BCUT2D eigenvalue weighted by Gasteiger charge is 2.48. The number of hydrogen-bond acceptors (Lipinski definition) is 5. The highest BCUT2D eigenvalue weighted by molar-refractivity contribution is 7.80. The molecule has 2 aliphatic rings. The molecule has 2 amide bonds. The van der Waals surface area contributed by atoms with Crippen LogP contribution in [0.4, 0.5) is 23.7 Å². The van der Waals surface area contributed by atoms with Gasteiger partial charge in [-0.3, -0.25) is 14.7 Å². The fourth-order valence-corrected chi connectivity index (χ4v) is 4.49. The van der Waals surface area contributed by atoms with Crippen LogP contribution >= 0.6 is 12.6 Å². The summed E-state index contributed by atoms with van der Waals surface area (Å²) in [7, 11) is 0. The number of ketones is 1. The Kier molecular flexibility index (Phi) is 5.23. The summed E-state index contributed by atoms with van der Waals surface area (Å²) in [4.78, 5) is 30.8. The standard InChI is InChI=1S/C20H13F3N4O2S2/c21-20(22,23)16-8-11(5-6-25-16)26-13-3-4-14(28)17(13)18(27(31)19(26)29)12-2-1-10(9-24)7-15(12)30/h1-2,5-8,18,30-31H,3-4H2/p+1. The number of halogens is 3. The molecular weight excluding hydrogens is 449 g/mol. The van der Waals surface area contributed by atoms with Crippen LogP contribution in [0, 0.1) is 11.3 Å². The molecule has 0 radical (unpaired) electrons. The molecule has 1 aliphatic heterocycles. The molecule has 1 atom stereocenters. The van der Waals surface area contributed by atoms with Crippen LogP contribution in [0.1, 0.15) is 35.7 Å². The van der Waals surface area contributed by atoms with Crippen LogP contribution < -0.4 is 4.90 Å². The molecule has 4 rings (SSSR count). The number of carbonyl (C=O) groups excluding carboxylic acids is 2. The third-order valence-corrected chi connectivity index (χ3v) is 5.98. The van der Waals surface area contributed by atoms with E-state index >= 15 is 0 Å². The van der Waals surface area contributed by atoms with E-state index in [1.54, 1.807) is 12.1 Å². The molecule has 0 bridgehead atoms. The molecule has 0 N–H and O–H groups in total. The summed E-state index contributed by atoms with van der Waals surface area (Å²) in [5.41, 5.74) is 0.324. The van der Waals surface area contributed by atoms with Gasteiger partial charge in [0.05, 0.1) is 30.1 Å². The molecule has 0 fully saturated rings. The van der Waals surface area contributed by atoms with E-state index in [2.05, 4.69) is 30.4 Å². The van der Waals surface area contributed by atoms with Gasteiger partial charge in [-0.2, -0.15) is 18.4 Å². The van der Waals surface area contributed by atoms with E-state index < -0.39 is 23.9 Å². The van der Waals surface area contributed by atoms with Crippen molar-refractivity contribution in [3.8, 4) is 6.07 Å². The highest BCUT2D eigenvalue weighted by Crippen LogP contribution is 2.46. The number of anilines is 1. The third-order valence-electron chi connectivity index (χ3n) is 5.15. The lowest BCUT2D eigenvalue weighted by Gasteiger charge is -2.36. The first kappa shape index (κ1) is 21.3. The Hall–Kier alpha value is -2.97. The minimum atomic E-state index is -4.68. The number of aromatic nitrogens is 1. The number of alkyl halides is 3. The van der Waals surface area contributed by atoms with Gasteiger partial charge in [0, 0.05) is 28.8 Å². The predicted octanol–water partition coefficient (Wildman–Crippen LogP) is 3.79. The van der Waals surface area contributed by atoms with Crippen molar-refractivity contribution in [1.82, 2.24) is 9.29 Å². The Bertz CT molecular complexity index is 1190. The number of nitrogens with zero attached hydrogens (tertiary/aromatic N) is 4. The monoisotopic (exact) mass is 463 g/mol. The number of hydrogen-bond donors (Lipinski definition) is 1. The van der Waals surface area contributed by atoms with Crippen LogP contribution in [0.2, 0.25) is 0 Å². The Morgan fingerprint density at radius 3 is 2.58 bits per heavy atom. The number of allylic oxidation sites excluding steroid dienone is 1. The van der Waals surface area contributed by atoms with Crippen molar-refractivity contribution in [2.75, 3.05) is 4.90 Å². The number of pyridine rings is 1. The van der Waals surface area contributed by atoms with Gasteiger partial charge in [-0.25, -0.2) is 4.79 Å². The second-order valence-corrected chi connectivity index (χ2v) is 7.92. The first-order valence-electron chi connectivity index (χ1n) is 9.00. The molecular formula is C20H14F3N4O2S2+. The number of amides is 2. The lowest BCUT2D eigenvalue weighted by atomic mass is 9.94. The number of urea groups is 1. The Morgan fingerprint density at radius 1 is 1.19 bits per heavy atom. The molecule has 0 spiro atoms. The summed E-state index contributed by atoms with van der Waals surface area (Å²) in [6, 6.07) is 7.22. The maximum absolute atomic E-state index is 13.2. The number of rotatable bonds is 2. The van der Waals surface area contributed by atoms with Crippen molar-refractivity contribution in [3.63, 3.8) is 0 Å². The zero-order chi connectivity index (χ0) is 22.5. The molecule has 6 nitrogen and oxygen atoms in total. The average Bonchev–Trinajstić information content (AvgIpc) is 3.10. The zero-order valence-electron chi connectivity index (χ0n) is 15.6. The van der Waals surface area contributed by atoms with Gasteiger partial charge in [0.1, 0.15) is 11.7 Å². The van der Waals surface area contributed by atoms with Crippen molar-refractivity contribution < 1.29 is 22.8 Å². The quantitative estimate of drug-likeness (QED) is 0.543. The zero-order valence-corrected chi connectivity index (χ0v) is 17.5. The Labute approximate surface area is 185 Å². The van der Waals surface area contributed by atoms with Gasteiger partial charge in [-0.15, -0.1) is 16.9 Å². The van der Waals surface area contributed by atoms with Gasteiger partial charge < -0.3 is 0 Å². The van der Waals surface area contributed by atoms with Gasteiger partial charge in [0.2, 0.25) is 0 Å². The number of thiol groups is 1. The Morgan fingerprint density at radius 2 is 1.94 bits per heavy atom. The smallest absolute Gasteiger partial charge is 0.294 e. The molecule has 31 heavy (non-hydrogen) atoms. The third kappa shape index (κ3) is 3.55. The first-order chi connectivity index (χ1) is 14.6. The SMILES string of the molecule is N#Cc1ccc(C2C3=C(CCC3=O)N(c3ccnc(C(F)(F)F)c3)C(=O)N2[SH2+])c(S)c1. The predicted molar refractivity (Wildman–Crippen MR) is 112 cm³/mol. The molecule has 1 unspecified atom stereocenters. The summed E-state index contributed by atoms with van der Waals surface area (Å²) in [6.07, 6.45) is -3.38. The number of nitriles is 1. The maximum atomic E-state index is 13.2. The lowest BCUT2D eigenvalue weighted by molar-refractivity contribution is -0.141. The molecule has 2 heterocycles. The maximum Gasteiger partial charge on any atom is 0.433 e. The van der Waals surface area contributed by atoms with Crippen molar-refractivity contribution in [1.29, 1.82) is 5.26 Å². The molecule has 1 aliphatic carbocycles. The topological polar surface area (TPSA) is 77.3 Å². The minimum Gasteiger partial charge on any atom is -0.294 e. The van der Waals surface area contributed by atoms with Gasteiger partial charge in [-0.05, 0) is 36.2 Å². The molecule has 0 saturated heterocycles. The second-order valence-electron chi connectivity index (χ2n) is 6.96. The van der Waals surface area contributed by atoms with Gasteiger partial charge >= 0.3 is 12.2 Å². The van der Waals surface area contributed by atoms with Gasteiger partial charge in [0.25, 0.3) is 0 Å². The number of benzene rings is 1. The highest BCUT2D eigenvalue weighted by atomic mass is 32.1. The fraction of sp³-hybridized carbons (Fsp3) is 0.200. The number of Topliss-reactive ketones (excluding diaryl/α,β-unsaturated/α-hetero) is 1. The van der Waals surface area contributed by atoms with Crippen molar-refractivity contribution >= 4 is 42.9 Å². The van der Waals surface area contributed by atoms with Crippen LogP contribution in [0.5, 0.6) is 0 Å². The summed E-state index contributed by atoms with van der Waals surface area (Å²) in [5.74, 6) is -0.219. The largest absolute Gasteiger partial charge is 0.433 e. The summed E-state index contributed by atoms with van der Waals surface area (Å²) in [5, 5.41) is 9.08. The lowest BCUT2D eigenvalue weighted by Crippen LogP contribution is -2.47. The van der Waals surface area contributed by atoms with E-state index in [-0.39, 0.29) is 24.3 Å². The summed E-state index contributed by atoms with van der Waals surface area (Å²) < 4.78 is 40.5. The van der Waals surface area contributed by atoms with Crippen molar-refractivity contribution in [2.24, 2.45) is 0 Å². The van der Waals surface area contributed by atoms with Crippen LogP contribution in [-0.4, -0.2) is 21.1 Å². The van der Waals surface area contributed by atoms with Crippen molar-refractivity contribution in [2.45, 2.75) is 30.0 Å². The summed E-state index contributed by atoms with van der Waals surface area (Å²) in [6.45, 7) is 0. The van der Waals surface area contributed by atoms with Crippen LogP contribution in [0.3, 0.4) is 0 Å². The summed E-state index contributed by atoms with van der Waals surface area (Å²) >= 11 is 7.68. The average molecular weight is 463 g/mol. The van der Waals surface area contributed by atoms with E-state index in [1.807, 2.05) is 6.07 Å². The first-order valence-corrected chi connectivity index (χ1v) is 9.90. The molecule has 11 heteroatoms. The molecule has 2 aromatic rings. The minimum absolute atomic E-state index is 0.0397. The van der Waals surface area contributed by atoms with Crippen LogP contribution in [-0.2, 0) is 23.8 Å². The number of carbonyl (C=O) groups is 2.